The van der Waals surface area contributed by atoms with Gasteiger partial charge in [-0.1, -0.05) is 0 Å². The lowest BCUT2D eigenvalue weighted by Gasteiger charge is -2.13. The summed E-state index contributed by atoms with van der Waals surface area (Å²) in [7, 11) is 2.02. The Morgan fingerprint density at radius 3 is 2.73 bits per heavy atom. The van der Waals surface area contributed by atoms with Crippen LogP contribution in [0.25, 0.3) is 0 Å². The van der Waals surface area contributed by atoms with Gasteiger partial charge < -0.3 is 5.32 Å². The molecule has 1 N–H and O–H groups in total. The second kappa shape index (κ2) is 5.95. The first-order chi connectivity index (χ1) is 7.19. The van der Waals surface area contributed by atoms with Gasteiger partial charge in [0.1, 0.15) is 0 Å². The Morgan fingerprint density at radius 1 is 1.53 bits per heavy atom. The third kappa shape index (κ3) is 3.37. The fourth-order valence-electron chi connectivity index (χ4n) is 1.61. The lowest BCUT2D eigenvalue weighted by atomic mass is 10.1. The van der Waals surface area contributed by atoms with E-state index in [-0.39, 0.29) is 0 Å². The molecule has 0 radical (unpaired) electrons. The lowest BCUT2D eigenvalue weighted by Crippen LogP contribution is -2.14. The minimum absolute atomic E-state index is 0.468. The van der Waals surface area contributed by atoms with Crippen LogP contribution in [0.5, 0.6) is 0 Å². The monoisotopic (exact) mass is 221 g/mol. The van der Waals surface area contributed by atoms with E-state index in [0.29, 0.717) is 6.04 Å². The summed E-state index contributed by atoms with van der Waals surface area (Å²) in [6.45, 7) is 4.35. The van der Waals surface area contributed by atoms with E-state index in [9.17, 15) is 0 Å². The molecule has 1 rings (SSSR count). The molecule has 1 aromatic rings. The van der Waals surface area contributed by atoms with E-state index in [4.69, 9.17) is 6.42 Å². The van der Waals surface area contributed by atoms with Crippen molar-refractivity contribution in [3.63, 3.8) is 0 Å². The molecule has 15 heavy (non-hydrogen) atoms. The molecule has 2 heteroatoms. The van der Waals surface area contributed by atoms with Crippen LogP contribution in [-0.2, 0) is 0 Å². The van der Waals surface area contributed by atoms with E-state index < -0.39 is 0 Å². The number of nitrogens with one attached hydrogen (secondary N) is 1. The van der Waals surface area contributed by atoms with Crippen molar-refractivity contribution in [2.75, 3.05) is 7.05 Å². The van der Waals surface area contributed by atoms with Gasteiger partial charge >= 0.3 is 0 Å². The number of unbranched alkanes of at least 4 members (excludes halogenated alkanes) is 1. The Bertz CT molecular complexity index is 326. The molecule has 0 fully saturated rings. The summed E-state index contributed by atoms with van der Waals surface area (Å²) in [6.07, 6.45) is 8.35. The molecule has 0 aliphatic heterocycles. The van der Waals surface area contributed by atoms with E-state index in [1.165, 1.54) is 15.3 Å². The van der Waals surface area contributed by atoms with E-state index in [0.717, 1.165) is 19.3 Å². The maximum Gasteiger partial charge on any atom is 0.0412 e. The zero-order chi connectivity index (χ0) is 11.3. The van der Waals surface area contributed by atoms with Crippen molar-refractivity contribution in [3.05, 3.63) is 21.4 Å². The molecule has 0 saturated heterocycles. The molecular formula is C13H19NS. The molecule has 0 aromatic carbocycles. The number of thiophene rings is 1. The standard InChI is InChI=1S/C13H19NS/c1-5-6-7-8-12(14-4)13-9-10(2)11(3)15-13/h1,9,12,14H,6-8H2,2-4H3. The molecule has 0 amide bonds. The van der Waals surface area contributed by atoms with Crippen LogP contribution in [0.1, 0.15) is 40.6 Å². The molecule has 1 aromatic heterocycles. The van der Waals surface area contributed by atoms with E-state index in [1.807, 2.05) is 18.4 Å². The fraction of sp³-hybridized carbons (Fsp3) is 0.538. The zero-order valence-electron chi connectivity index (χ0n) is 9.76. The molecule has 0 aliphatic carbocycles. The second-order valence-corrected chi connectivity index (χ2v) is 5.11. The Kier molecular flexibility index (Phi) is 4.87. The van der Waals surface area contributed by atoms with Crippen LogP contribution in [0.4, 0.5) is 0 Å². The van der Waals surface area contributed by atoms with Gasteiger partial charge in [-0.05, 0) is 45.4 Å². The van der Waals surface area contributed by atoms with Gasteiger partial charge in [-0.2, -0.15) is 0 Å². The van der Waals surface area contributed by atoms with Crippen LogP contribution in [0.3, 0.4) is 0 Å². The van der Waals surface area contributed by atoms with Crippen LogP contribution in [0, 0.1) is 26.2 Å². The maximum absolute atomic E-state index is 5.26. The minimum Gasteiger partial charge on any atom is -0.312 e. The first-order valence-corrected chi connectivity index (χ1v) is 6.18. The number of aryl methyl sites for hydroxylation is 2. The number of hydrogen-bond acceptors (Lipinski definition) is 2. The predicted molar refractivity (Wildman–Crippen MR) is 68.3 cm³/mol. The summed E-state index contributed by atoms with van der Waals surface area (Å²) in [5, 5.41) is 3.36. The molecular weight excluding hydrogens is 202 g/mol. The van der Waals surface area contributed by atoms with Crippen molar-refractivity contribution in [1.82, 2.24) is 5.32 Å². The van der Waals surface area contributed by atoms with Crippen LogP contribution >= 0.6 is 11.3 Å². The van der Waals surface area contributed by atoms with Gasteiger partial charge in [0.2, 0.25) is 0 Å². The predicted octanol–water partition coefficient (Wildman–Crippen LogP) is 3.43. The molecule has 82 valence electrons. The summed E-state index contributed by atoms with van der Waals surface area (Å²) in [6, 6.07) is 2.76. The lowest BCUT2D eigenvalue weighted by molar-refractivity contribution is 0.540. The highest BCUT2D eigenvalue weighted by Gasteiger charge is 2.12. The van der Waals surface area contributed by atoms with Crippen molar-refractivity contribution in [2.45, 2.75) is 39.2 Å². The van der Waals surface area contributed by atoms with Crippen molar-refractivity contribution >= 4 is 11.3 Å². The number of terminal acetylenes is 1. The molecule has 1 atom stereocenters. The minimum atomic E-state index is 0.468. The van der Waals surface area contributed by atoms with Crippen LogP contribution in [-0.4, -0.2) is 7.05 Å². The first-order valence-electron chi connectivity index (χ1n) is 5.36. The highest BCUT2D eigenvalue weighted by molar-refractivity contribution is 7.12. The summed E-state index contributed by atoms with van der Waals surface area (Å²) >= 11 is 1.89. The normalized spacial score (nSPS) is 12.4. The molecule has 0 spiro atoms. The van der Waals surface area contributed by atoms with Crippen LogP contribution in [0.2, 0.25) is 0 Å². The Balaban J connectivity index is 2.62. The van der Waals surface area contributed by atoms with Gasteiger partial charge in [-0.25, -0.2) is 0 Å². The van der Waals surface area contributed by atoms with Crippen LogP contribution in [0.15, 0.2) is 6.07 Å². The fourth-order valence-corrected chi connectivity index (χ4v) is 2.80. The quantitative estimate of drug-likeness (QED) is 0.593. The summed E-state index contributed by atoms with van der Waals surface area (Å²) in [5.74, 6) is 2.69. The van der Waals surface area contributed by atoms with E-state index in [1.54, 1.807) is 0 Å². The molecule has 1 unspecified atom stereocenters. The smallest absolute Gasteiger partial charge is 0.0412 e. The van der Waals surface area contributed by atoms with Gasteiger partial charge in [0.25, 0.3) is 0 Å². The Hall–Kier alpha value is -0.780. The first kappa shape index (κ1) is 12.3. The second-order valence-electron chi connectivity index (χ2n) is 3.83. The largest absolute Gasteiger partial charge is 0.312 e. The molecule has 0 aliphatic rings. The van der Waals surface area contributed by atoms with Gasteiger partial charge in [-0.3, -0.25) is 0 Å². The topological polar surface area (TPSA) is 12.0 Å². The third-order valence-corrected chi connectivity index (χ3v) is 3.96. The highest BCUT2D eigenvalue weighted by Crippen LogP contribution is 2.28. The molecule has 0 saturated carbocycles. The van der Waals surface area contributed by atoms with Gasteiger partial charge in [0.05, 0.1) is 0 Å². The molecule has 1 nitrogen and oxygen atoms in total. The summed E-state index contributed by atoms with van der Waals surface area (Å²) in [4.78, 5) is 2.85. The summed E-state index contributed by atoms with van der Waals surface area (Å²) in [5.41, 5.74) is 1.40. The zero-order valence-corrected chi connectivity index (χ0v) is 10.6. The van der Waals surface area contributed by atoms with Crippen molar-refractivity contribution in [3.8, 4) is 12.3 Å². The number of rotatable bonds is 5. The van der Waals surface area contributed by atoms with Crippen LogP contribution < -0.4 is 5.32 Å². The molecule has 1 heterocycles. The van der Waals surface area contributed by atoms with Gasteiger partial charge in [-0.15, -0.1) is 23.7 Å². The number of hydrogen-bond donors (Lipinski definition) is 1. The van der Waals surface area contributed by atoms with Gasteiger partial charge in [0.15, 0.2) is 0 Å². The van der Waals surface area contributed by atoms with Crippen molar-refractivity contribution in [2.24, 2.45) is 0 Å². The average Bonchev–Trinajstić information content (AvgIpc) is 2.54. The van der Waals surface area contributed by atoms with E-state index >= 15 is 0 Å². The van der Waals surface area contributed by atoms with Crippen molar-refractivity contribution in [1.29, 1.82) is 0 Å². The Labute approximate surface area is 96.9 Å². The van der Waals surface area contributed by atoms with E-state index in [2.05, 4.69) is 31.2 Å². The van der Waals surface area contributed by atoms with Gasteiger partial charge in [0, 0.05) is 22.2 Å². The molecule has 0 bridgehead atoms. The SMILES string of the molecule is C#CCCCC(NC)c1cc(C)c(C)s1. The Morgan fingerprint density at radius 2 is 2.27 bits per heavy atom. The van der Waals surface area contributed by atoms with Crippen molar-refractivity contribution < 1.29 is 0 Å². The highest BCUT2D eigenvalue weighted by atomic mass is 32.1. The average molecular weight is 221 g/mol. The summed E-state index contributed by atoms with van der Waals surface area (Å²) < 4.78 is 0. The third-order valence-electron chi connectivity index (χ3n) is 2.69. The maximum atomic E-state index is 5.26.